The van der Waals surface area contributed by atoms with Gasteiger partial charge >= 0.3 is 0 Å². The second-order valence-electron chi connectivity index (χ2n) is 33.1. The van der Waals surface area contributed by atoms with Crippen molar-refractivity contribution in [1.29, 1.82) is 0 Å². The lowest BCUT2D eigenvalue weighted by Crippen LogP contribution is -2.64. The van der Waals surface area contributed by atoms with Gasteiger partial charge in [0.1, 0.15) is 90.5 Å². The van der Waals surface area contributed by atoms with Crippen LogP contribution in [0.4, 0.5) is 0 Å². The number of fused-ring (bicyclic) bond motifs is 1. The third-order valence-electron chi connectivity index (χ3n) is 22.3. The van der Waals surface area contributed by atoms with Crippen LogP contribution in [0.1, 0.15) is 198 Å². The van der Waals surface area contributed by atoms with Crippen molar-refractivity contribution in [3.63, 3.8) is 0 Å². The normalized spacial score (nSPS) is 24.6. The number of benzene rings is 4. The topological polar surface area (TPSA) is 509 Å². The minimum Gasteiger partial charge on any atom is -0.508 e. The van der Waals surface area contributed by atoms with Crippen molar-refractivity contribution >= 4 is 76.8 Å². The lowest BCUT2D eigenvalue weighted by atomic mass is 9.96. The molecule has 3 aliphatic heterocycles. The lowest BCUT2D eigenvalue weighted by molar-refractivity contribution is -0.269. The Morgan fingerprint density at radius 1 is 0.504 bits per heavy atom. The molecular weight excluding hydrogens is 1580 g/mol. The molecule has 0 radical (unpaired) electrons. The van der Waals surface area contributed by atoms with Crippen molar-refractivity contribution < 1.29 is 92.2 Å². The lowest BCUT2D eigenvalue weighted by Gasteiger charge is -2.42. The summed E-state index contributed by atoms with van der Waals surface area (Å²) >= 11 is 0. The molecule has 7 rings (SSSR count). The van der Waals surface area contributed by atoms with E-state index in [4.69, 9.17) is 20.9 Å². The van der Waals surface area contributed by atoms with Gasteiger partial charge in [0.05, 0.1) is 19.6 Å². The average molecular weight is 1710 g/mol. The maximum absolute atomic E-state index is 15.5. The Hall–Kier alpha value is -10.4. The summed E-state index contributed by atoms with van der Waals surface area (Å²) < 4.78 is 11.9. The van der Waals surface area contributed by atoms with Gasteiger partial charge in [-0.05, 0) is 97.7 Å². The second-order valence-corrected chi connectivity index (χ2v) is 33.1. The first-order valence-corrected chi connectivity index (χ1v) is 43.8. The quantitative estimate of drug-likeness (QED) is 0.0286. The molecular formula is C90H132N14O19. The number of nitrogens with one attached hydrogen (secondary N) is 11. The number of aliphatic hydroxyl groups excluding tert-OH is 3. The molecule has 4 aromatic rings. The fourth-order valence-corrected chi connectivity index (χ4v) is 15.3. The number of primary amides is 1. The Kier molecular flexibility index (Phi) is 42.8. The smallest absolute Gasteiger partial charge is 0.246 e. The number of aromatic hydroxyl groups is 1. The summed E-state index contributed by atoms with van der Waals surface area (Å²) in [4.78, 5) is 194. The molecule has 3 heterocycles. The maximum Gasteiger partial charge on any atom is 0.246 e. The Bertz CT molecular complexity index is 4020. The first kappa shape index (κ1) is 99.7. The van der Waals surface area contributed by atoms with E-state index in [0.717, 1.165) is 32.1 Å². The van der Waals surface area contributed by atoms with E-state index in [0.29, 0.717) is 35.1 Å². The number of hydrogen-bond acceptors (Lipinski definition) is 20. The number of hydrogen-bond donors (Lipinski definition) is 17. The van der Waals surface area contributed by atoms with Crippen LogP contribution in [0.2, 0.25) is 0 Å². The van der Waals surface area contributed by atoms with Crippen LogP contribution in [0.25, 0.3) is 0 Å². The number of ether oxygens (including phenoxy) is 2. The third-order valence-corrected chi connectivity index (χ3v) is 22.3. The Morgan fingerprint density at radius 2 is 0.943 bits per heavy atom. The summed E-state index contributed by atoms with van der Waals surface area (Å²) in [7, 11) is 0. The van der Waals surface area contributed by atoms with E-state index in [-0.39, 0.29) is 82.5 Å². The molecule has 0 saturated carbocycles. The molecule has 19 N–H and O–H groups in total. The van der Waals surface area contributed by atoms with Crippen molar-refractivity contribution in [1.82, 2.24) is 63.4 Å². The summed E-state index contributed by atoms with van der Waals surface area (Å²) in [5.74, 6) is -12.8. The predicted molar refractivity (Wildman–Crippen MR) is 459 cm³/mol. The molecule has 0 spiro atoms. The number of amides is 13. The minimum absolute atomic E-state index is 0.0356. The Balaban J connectivity index is 1.24. The average Bonchev–Trinajstić information content (AvgIpc) is 1.79. The van der Waals surface area contributed by atoms with Gasteiger partial charge in [0, 0.05) is 51.6 Å². The van der Waals surface area contributed by atoms with Gasteiger partial charge in [-0.3, -0.25) is 62.3 Å². The molecule has 3 fully saturated rings. The van der Waals surface area contributed by atoms with E-state index in [1.54, 1.807) is 105 Å². The number of rotatable bonds is 39. The first-order valence-electron chi connectivity index (χ1n) is 43.8. The van der Waals surface area contributed by atoms with E-state index in [1.807, 2.05) is 13.8 Å². The highest BCUT2D eigenvalue weighted by atomic mass is 16.7. The van der Waals surface area contributed by atoms with Crippen molar-refractivity contribution in [2.24, 2.45) is 23.3 Å². The van der Waals surface area contributed by atoms with Gasteiger partial charge in [0.2, 0.25) is 76.8 Å². The molecule has 123 heavy (non-hydrogen) atoms. The van der Waals surface area contributed by atoms with Gasteiger partial charge in [0.25, 0.3) is 0 Å². The minimum atomic E-state index is -2.00. The summed E-state index contributed by atoms with van der Waals surface area (Å²) in [6.07, 6.45) is 5.68. The number of phenols is 1. The van der Waals surface area contributed by atoms with E-state index < -0.39 is 213 Å². The number of carbonyl (C=O) groups excluding carboxylic acids is 13. The number of aliphatic hydroxyl groups is 3. The fourth-order valence-electron chi connectivity index (χ4n) is 15.3. The van der Waals surface area contributed by atoms with Crippen LogP contribution in [0, 0.1) is 11.8 Å². The number of phenolic OH excluding ortho intramolecular Hbond substituents is 1. The maximum atomic E-state index is 15.5. The predicted octanol–water partition coefficient (Wildman–Crippen LogP) is 2.67. The van der Waals surface area contributed by atoms with Crippen molar-refractivity contribution in [2.75, 3.05) is 32.8 Å². The van der Waals surface area contributed by atoms with Crippen LogP contribution >= 0.6 is 0 Å². The van der Waals surface area contributed by atoms with Gasteiger partial charge in [-0.25, -0.2) is 0 Å². The number of nitrogens with zero attached hydrogens (tertiary/aromatic N) is 1. The molecule has 0 aromatic heterocycles. The van der Waals surface area contributed by atoms with E-state index >= 15 is 33.6 Å². The molecule has 15 atom stereocenters. The molecule has 15 unspecified atom stereocenters. The van der Waals surface area contributed by atoms with E-state index in [1.165, 1.54) is 74.1 Å². The molecule has 0 aliphatic carbocycles. The van der Waals surface area contributed by atoms with Gasteiger partial charge in [-0.15, -0.1) is 0 Å². The fraction of sp³-hybridized carbons (Fsp3) is 0.589. The highest BCUT2D eigenvalue weighted by Crippen LogP contribution is 2.26. The number of nitrogens with two attached hydrogens (primary N) is 2. The van der Waals surface area contributed by atoms with Crippen molar-refractivity contribution in [2.45, 2.75) is 293 Å². The van der Waals surface area contributed by atoms with Crippen molar-refractivity contribution in [3.05, 3.63) is 138 Å². The number of unbranched alkanes of at least 4 members (excludes halogenated alkanes) is 12. The number of carbonyl (C=O) groups is 13. The van der Waals surface area contributed by atoms with Gasteiger partial charge in [-0.1, -0.05) is 215 Å². The van der Waals surface area contributed by atoms with E-state index in [9.17, 15) is 49.2 Å². The molecule has 0 bridgehead atoms. The van der Waals surface area contributed by atoms with E-state index in [2.05, 4.69) is 65.4 Å². The Labute approximate surface area is 721 Å². The van der Waals surface area contributed by atoms with Gasteiger partial charge in [0.15, 0.2) is 6.29 Å². The van der Waals surface area contributed by atoms with Crippen LogP contribution in [0.15, 0.2) is 115 Å². The summed E-state index contributed by atoms with van der Waals surface area (Å²) in [6.45, 7) is 7.56. The molecule has 3 saturated heterocycles. The monoisotopic (exact) mass is 1710 g/mol. The highest BCUT2D eigenvalue weighted by Gasteiger charge is 2.47. The summed E-state index contributed by atoms with van der Waals surface area (Å²) in [5, 5.41) is 72.6. The zero-order valence-electron chi connectivity index (χ0n) is 71.7. The molecule has 33 heteroatoms. The molecule has 3 aliphatic rings. The second kappa shape index (κ2) is 52.9. The largest absolute Gasteiger partial charge is 0.508 e. The van der Waals surface area contributed by atoms with Crippen LogP contribution in [0.3, 0.4) is 0 Å². The third kappa shape index (κ3) is 34.0. The standard InChI is InChI=1S/C90H132N14O19/c1-6-7-8-9-10-11-12-13-14-15-16-17-27-38-74(108)102-77-79(111)78(110)72(55-105)123-90(77)122-48-46-93-75(109)54-69-85(117)94-64(43-44-73(92)107)81(113)97-68(52-61-39-41-62(106)42-40-61)86(118)103-76(57(4)5)88(120)95-63(36-28-45-91)80(112)96-65(49-56(2)3)82(114)101-70(53-60-34-25-20-26-35-60)89(121)104-47-29-37-71(104)87(119)100-67(51-59-32-23-19-24-33-59)84(116)98-66(83(115)99-69)50-58-30-21-18-22-31-58/h18-26,30-35,39-42,56-57,63-72,76-79,90,105-106,110-111H,6-17,27-29,36-38,43-55,91H2,1-5H3,(H2,92,107)(H,93,109)(H,94,117)(H,95,120)(H,96,112)(H,97,113)(H,98,116)(H,99,115)(H,100,119)(H,101,114)(H,102,108)(H,103,118). The molecule has 676 valence electrons. The van der Waals surface area contributed by atoms with Crippen LogP contribution in [0.5, 0.6) is 5.75 Å². The summed E-state index contributed by atoms with van der Waals surface area (Å²) in [6, 6.07) is 14.5. The SMILES string of the molecule is CCCCCCCCCCCCCCCC(=O)NC1C(OCCNC(=O)CC2NC(=O)C(Cc3ccccc3)NC(=O)C(Cc3ccccc3)NC(=O)C3CCCN3C(=O)C(Cc3ccccc3)NC(=O)C(CC(C)C)NC(=O)C(CCCN)NC(=O)C(C(C)C)NC(=O)C(Cc3ccc(O)cc3)NC(=O)C(CCC(N)=O)NC2=O)OC(CO)C(O)C1O. The zero-order valence-corrected chi connectivity index (χ0v) is 71.7. The molecule has 13 amide bonds. The van der Waals surface area contributed by atoms with Crippen LogP contribution < -0.4 is 70.0 Å². The zero-order chi connectivity index (χ0) is 89.3. The first-order chi connectivity index (χ1) is 59.0. The Morgan fingerprint density at radius 3 is 1.46 bits per heavy atom. The molecule has 4 aromatic carbocycles. The van der Waals surface area contributed by atoms with Crippen LogP contribution in [-0.2, 0) is 97.5 Å². The van der Waals surface area contributed by atoms with Crippen LogP contribution in [-0.4, -0.2) is 226 Å². The highest BCUT2D eigenvalue weighted by molar-refractivity contribution is 6.01. The molecule has 33 nitrogen and oxygen atoms in total. The summed E-state index contributed by atoms with van der Waals surface area (Å²) in [5.41, 5.74) is 13.7. The van der Waals surface area contributed by atoms with Gasteiger partial charge < -0.3 is 105 Å². The van der Waals surface area contributed by atoms with Gasteiger partial charge in [-0.2, -0.15) is 0 Å². The van der Waals surface area contributed by atoms with Crippen molar-refractivity contribution in [3.8, 4) is 5.75 Å².